The first kappa shape index (κ1) is 9.96. The van der Waals surface area contributed by atoms with Gasteiger partial charge in [-0.1, -0.05) is 11.6 Å². The summed E-state index contributed by atoms with van der Waals surface area (Å²) in [5.74, 6) is 1.22. The highest BCUT2D eigenvalue weighted by molar-refractivity contribution is 5.38. The van der Waals surface area contributed by atoms with Gasteiger partial charge in [0.05, 0.1) is 12.4 Å². The lowest BCUT2D eigenvalue weighted by Gasteiger charge is -2.05. The topological polar surface area (TPSA) is 63.8 Å². The van der Waals surface area contributed by atoms with Crippen LogP contribution in [0.15, 0.2) is 24.0 Å². The summed E-state index contributed by atoms with van der Waals surface area (Å²) in [7, 11) is 0. The van der Waals surface area contributed by atoms with Crippen LogP contribution in [0.25, 0.3) is 0 Å². The molecule has 4 heteroatoms. The number of nitrogens with zero attached hydrogens (tertiary/aromatic N) is 2. The molecule has 0 saturated carbocycles. The minimum atomic E-state index is 0.458. The van der Waals surface area contributed by atoms with E-state index in [9.17, 15) is 0 Å². The van der Waals surface area contributed by atoms with Gasteiger partial charge in [0, 0.05) is 6.54 Å². The zero-order valence-corrected chi connectivity index (χ0v) is 8.74. The number of aromatic nitrogens is 2. The van der Waals surface area contributed by atoms with E-state index in [1.165, 1.54) is 19.3 Å². The molecule has 1 aromatic heterocycles. The molecule has 3 N–H and O–H groups in total. The molecule has 0 aliphatic heterocycles. The number of hydrogen-bond acceptors (Lipinski definition) is 4. The number of anilines is 2. The highest BCUT2D eigenvalue weighted by Crippen LogP contribution is 2.20. The van der Waals surface area contributed by atoms with E-state index < -0.39 is 0 Å². The third-order valence-corrected chi connectivity index (χ3v) is 2.54. The molecule has 1 aromatic rings. The molecule has 1 aliphatic rings. The summed E-state index contributed by atoms with van der Waals surface area (Å²) in [4.78, 5) is 8.09. The fourth-order valence-electron chi connectivity index (χ4n) is 1.78. The number of hydrogen-bond donors (Lipinski definition) is 2. The fraction of sp³-hybridized carbons (Fsp3) is 0.455. The van der Waals surface area contributed by atoms with Crippen LogP contribution in [0.4, 0.5) is 11.6 Å². The summed E-state index contributed by atoms with van der Waals surface area (Å²) in [6, 6.07) is 0. The first-order valence-corrected chi connectivity index (χ1v) is 5.34. The molecule has 1 heterocycles. The van der Waals surface area contributed by atoms with Crippen molar-refractivity contribution in [3.05, 3.63) is 24.0 Å². The lowest BCUT2D eigenvalue weighted by molar-refractivity contribution is 0.861. The van der Waals surface area contributed by atoms with E-state index in [1.54, 1.807) is 18.0 Å². The maximum absolute atomic E-state index is 5.53. The molecular weight excluding hydrogens is 188 g/mol. The van der Waals surface area contributed by atoms with Crippen molar-refractivity contribution >= 4 is 11.6 Å². The van der Waals surface area contributed by atoms with Crippen molar-refractivity contribution in [3.8, 4) is 0 Å². The Hall–Kier alpha value is -1.58. The second-order valence-corrected chi connectivity index (χ2v) is 3.76. The largest absolute Gasteiger partial charge is 0.382 e. The lowest BCUT2D eigenvalue weighted by Crippen LogP contribution is -2.05. The Labute approximate surface area is 89.6 Å². The Kier molecular flexibility index (Phi) is 3.17. The Morgan fingerprint density at radius 2 is 2.33 bits per heavy atom. The van der Waals surface area contributed by atoms with E-state index in [1.807, 2.05) is 0 Å². The van der Waals surface area contributed by atoms with Crippen LogP contribution in [0.5, 0.6) is 0 Å². The van der Waals surface area contributed by atoms with Crippen molar-refractivity contribution in [1.82, 2.24) is 9.97 Å². The third kappa shape index (κ3) is 2.94. The molecule has 0 radical (unpaired) electrons. The van der Waals surface area contributed by atoms with Gasteiger partial charge in [-0.25, -0.2) is 4.98 Å². The Morgan fingerprint density at radius 3 is 3.07 bits per heavy atom. The van der Waals surface area contributed by atoms with Crippen molar-refractivity contribution < 1.29 is 0 Å². The predicted molar refractivity (Wildman–Crippen MR) is 61.5 cm³/mol. The van der Waals surface area contributed by atoms with Gasteiger partial charge in [-0.15, -0.1) is 0 Å². The fourth-order valence-corrected chi connectivity index (χ4v) is 1.78. The number of nitrogens with two attached hydrogens (primary N) is 1. The zero-order chi connectivity index (χ0) is 10.5. The maximum Gasteiger partial charge on any atom is 0.146 e. The SMILES string of the molecule is Nc1cncc(NCCC2=CCCC2)n1. The molecule has 15 heavy (non-hydrogen) atoms. The van der Waals surface area contributed by atoms with Gasteiger partial charge in [0.25, 0.3) is 0 Å². The second kappa shape index (κ2) is 4.77. The molecule has 0 unspecified atom stereocenters. The van der Waals surface area contributed by atoms with Gasteiger partial charge in [0.15, 0.2) is 0 Å². The van der Waals surface area contributed by atoms with Gasteiger partial charge in [-0.05, 0) is 25.7 Å². The van der Waals surface area contributed by atoms with Crippen LogP contribution in [0.1, 0.15) is 25.7 Å². The first-order valence-electron chi connectivity index (χ1n) is 5.34. The molecule has 1 aliphatic carbocycles. The Bertz CT molecular complexity index is 359. The van der Waals surface area contributed by atoms with E-state index in [0.717, 1.165) is 18.8 Å². The van der Waals surface area contributed by atoms with Crippen LogP contribution in [0.3, 0.4) is 0 Å². The van der Waals surface area contributed by atoms with Crippen molar-refractivity contribution in [2.45, 2.75) is 25.7 Å². The summed E-state index contributed by atoms with van der Waals surface area (Å²) in [6.07, 6.45) is 10.5. The predicted octanol–water partition coefficient (Wildman–Crippen LogP) is 1.97. The molecule has 80 valence electrons. The van der Waals surface area contributed by atoms with E-state index in [2.05, 4.69) is 21.4 Å². The van der Waals surface area contributed by atoms with Gasteiger partial charge in [0.1, 0.15) is 11.6 Å². The van der Waals surface area contributed by atoms with Crippen LogP contribution in [-0.4, -0.2) is 16.5 Å². The normalized spacial score (nSPS) is 15.1. The van der Waals surface area contributed by atoms with Gasteiger partial charge in [-0.2, -0.15) is 0 Å². The smallest absolute Gasteiger partial charge is 0.146 e. The van der Waals surface area contributed by atoms with Crippen molar-refractivity contribution in [3.63, 3.8) is 0 Å². The third-order valence-electron chi connectivity index (χ3n) is 2.54. The molecule has 0 spiro atoms. The average molecular weight is 204 g/mol. The highest BCUT2D eigenvalue weighted by atomic mass is 15.0. The van der Waals surface area contributed by atoms with E-state index in [4.69, 9.17) is 5.73 Å². The van der Waals surface area contributed by atoms with Gasteiger partial charge >= 0.3 is 0 Å². The second-order valence-electron chi connectivity index (χ2n) is 3.76. The highest BCUT2D eigenvalue weighted by Gasteiger charge is 2.03. The molecule has 0 fully saturated rings. The first-order chi connectivity index (χ1) is 7.34. The maximum atomic E-state index is 5.53. The lowest BCUT2D eigenvalue weighted by atomic mass is 10.2. The molecule has 0 aromatic carbocycles. The van der Waals surface area contributed by atoms with Crippen molar-refractivity contribution in [2.24, 2.45) is 0 Å². The molecule has 0 bridgehead atoms. The summed E-state index contributed by atoms with van der Waals surface area (Å²) >= 11 is 0. The summed E-state index contributed by atoms with van der Waals surface area (Å²) in [6.45, 7) is 0.907. The quantitative estimate of drug-likeness (QED) is 0.736. The minimum Gasteiger partial charge on any atom is -0.382 e. The average Bonchev–Trinajstić information content (AvgIpc) is 2.71. The molecule has 0 amide bonds. The van der Waals surface area contributed by atoms with Crippen LogP contribution in [0.2, 0.25) is 0 Å². The monoisotopic (exact) mass is 204 g/mol. The molecule has 0 atom stereocenters. The number of nitrogen functional groups attached to an aromatic ring is 1. The van der Waals surface area contributed by atoms with Gasteiger partial charge in [0.2, 0.25) is 0 Å². The molecular formula is C11H16N4. The van der Waals surface area contributed by atoms with Gasteiger partial charge in [-0.3, -0.25) is 4.98 Å². The molecule has 2 rings (SSSR count). The van der Waals surface area contributed by atoms with Gasteiger partial charge < -0.3 is 11.1 Å². The summed E-state index contributed by atoms with van der Waals surface area (Å²) in [5, 5.41) is 3.22. The number of allylic oxidation sites excluding steroid dienone is 1. The van der Waals surface area contributed by atoms with Crippen molar-refractivity contribution in [1.29, 1.82) is 0 Å². The van der Waals surface area contributed by atoms with Crippen LogP contribution >= 0.6 is 0 Å². The van der Waals surface area contributed by atoms with Crippen molar-refractivity contribution in [2.75, 3.05) is 17.6 Å². The van der Waals surface area contributed by atoms with Crippen LogP contribution < -0.4 is 11.1 Å². The Balaban J connectivity index is 1.78. The van der Waals surface area contributed by atoms with E-state index >= 15 is 0 Å². The number of nitrogens with one attached hydrogen (secondary N) is 1. The van der Waals surface area contributed by atoms with Crippen LogP contribution in [0, 0.1) is 0 Å². The summed E-state index contributed by atoms with van der Waals surface area (Å²) < 4.78 is 0. The van der Waals surface area contributed by atoms with E-state index in [0.29, 0.717) is 5.82 Å². The molecule has 4 nitrogen and oxygen atoms in total. The standard InChI is InChI=1S/C11H16N4/c12-10-7-13-8-11(15-10)14-6-5-9-3-1-2-4-9/h3,7-8H,1-2,4-6H2,(H3,12,14,15). The summed E-state index contributed by atoms with van der Waals surface area (Å²) in [5.41, 5.74) is 7.08. The molecule has 0 saturated heterocycles. The number of rotatable bonds is 4. The van der Waals surface area contributed by atoms with Crippen LogP contribution in [-0.2, 0) is 0 Å². The van der Waals surface area contributed by atoms with E-state index in [-0.39, 0.29) is 0 Å². The zero-order valence-electron chi connectivity index (χ0n) is 8.74. The minimum absolute atomic E-state index is 0.458. The Morgan fingerprint density at radius 1 is 1.40 bits per heavy atom.